The molecule has 30 heavy (non-hydrogen) atoms. The van der Waals surface area contributed by atoms with Gasteiger partial charge >= 0.3 is 0 Å². The van der Waals surface area contributed by atoms with Gasteiger partial charge in [-0.3, -0.25) is 4.68 Å². The summed E-state index contributed by atoms with van der Waals surface area (Å²) in [7, 11) is 0. The number of aromatic nitrogens is 2. The molecule has 0 radical (unpaired) electrons. The third kappa shape index (κ3) is 5.63. The third-order valence-corrected chi connectivity index (χ3v) is 6.24. The summed E-state index contributed by atoms with van der Waals surface area (Å²) in [5, 5.41) is 14.9. The van der Waals surface area contributed by atoms with Crippen molar-refractivity contribution in [3.63, 3.8) is 0 Å². The summed E-state index contributed by atoms with van der Waals surface area (Å²) in [5.74, 6) is 0.907. The molecule has 1 aliphatic heterocycles. The van der Waals surface area contributed by atoms with Crippen LogP contribution in [0.2, 0.25) is 0 Å². The van der Waals surface area contributed by atoms with E-state index in [9.17, 15) is 0 Å². The Morgan fingerprint density at radius 3 is 2.77 bits per heavy atom. The number of hydrogen-bond acceptors (Lipinski definition) is 4. The number of piperidine rings is 1. The Morgan fingerprint density at radius 2 is 2.03 bits per heavy atom. The van der Waals surface area contributed by atoms with Crippen molar-refractivity contribution in [2.75, 3.05) is 24.5 Å². The average Bonchev–Trinajstić information content (AvgIpc) is 3.48. The van der Waals surface area contributed by atoms with Gasteiger partial charge < -0.3 is 15.5 Å². The number of nitrogens with one attached hydrogen (secondary N) is 2. The number of guanidine groups is 1. The van der Waals surface area contributed by atoms with Gasteiger partial charge in [0.25, 0.3) is 0 Å². The highest BCUT2D eigenvalue weighted by Gasteiger charge is 2.20. The number of aliphatic imine (C=N–C) groups is 1. The van der Waals surface area contributed by atoms with Gasteiger partial charge in [0.2, 0.25) is 0 Å². The molecule has 0 bridgehead atoms. The summed E-state index contributed by atoms with van der Waals surface area (Å²) in [6.45, 7) is 6.60. The van der Waals surface area contributed by atoms with E-state index in [0.717, 1.165) is 45.0 Å². The molecule has 0 aliphatic carbocycles. The van der Waals surface area contributed by atoms with Gasteiger partial charge in [0, 0.05) is 38.1 Å². The minimum absolute atomic E-state index is 0.463. The van der Waals surface area contributed by atoms with Gasteiger partial charge in [-0.15, -0.1) is 11.3 Å². The van der Waals surface area contributed by atoms with Crippen molar-refractivity contribution in [2.24, 2.45) is 4.99 Å². The highest BCUT2D eigenvalue weighted by molar-refractivity contribution is 7.14. The largest absolute Gasteiger partial charge is 0.363 e. The zero-order chi connectivity index (χ0) is 20.6. The molecule has 0 atom stereocenters. The van der Waals surface area contributed by atoms with E-state index in [1.165, 1.54) is 16.1 Å². The number of thiophene rings is 1. The molecule has 0 amide bonds. The topological polar surface area (TPSA) is 57.5 Å². The normalized spacial score (nSPS) is 15.4. The monoisotopic (exact) mass is 422 g/mol. The van der Waals surface area contributed by atoms with Crippen LogP contribution in [0.25, 0.3) is 0 Å². The van der Waals surface area contributed by atoms with Crippen molar-refractivity contribution in [3.8, 4) is 0 Å². The van der Waals surface area contributed by atoms with E-state index in [1.54, 1.807) is 0 Å². The second-order valence-electron chi connectivity index (χ2n) is 7.58. The van der Waals surface area contributed by atoms with Crippen LogP contribution >= 0.6 is 11.3 Å². The van der Waals surface area contributed by atoms with Gasteiger partial charge in [-0.05, 0) is 54.5 Å². The van der Waals surface area contributed by atoms with E-state index in [-0.39, 0.29) is 0 Å². The predicted molar refractivity (Wildman–Crippen MR) is 125 cm³/mol. The molecule has 1 aromatic carbocycles. The van der Waals surface area contributed by atoms with Gasteiger partial charge in [0.1, 0.15) is 0 Å². The fourth-order valence-electron chi connectivity index (χ4n) is 3.79. The molecule has 3 aromatic rings. The molecular weight excluding hydrogens is 392 g/mol. The molecule has 6 nitrogen and oxygen atoms in total. The summed E-state index contributed by atoms with van der Waals surface area (Å²) in [4.78, 5) is 7.33. The minimum atomic E-state index is 0.463. The molecule has 7 heteroatoms. The molecule has 158 valence electrons. The van der Waals surface area contributed by atoms with Crippen LogP contribution in [0.4, 0.5) is 5.00 Å². The summed E-state index contributed by atoms with van der Waals surface area (Å²) in [6, 6.07) is 15.4. The quantitative estimate of drug-likeness (QED) is 0.450. The number of nitrogens with zero attached hydrogens (tertiary/aromatic N) is 4. The number of rotatable bonds is 7. The van der Waals surface area contributed by atoms with Crippen molar-refractivity contribution in [3.05, 3.63) is 71.4 Å². The van der Waals surface area contributed by atoms with Crippen molar-refractivity contribution >= 4 is 22.3 Å². The van der Waals surface area contributed by atoms with E-state index < -0.39 is 0 Å². The van der Waals surface area contributed by atoms with Crippen LogP contribution in [-0.2, 0) is 13.1 Å². The van der Waals surface area contributed by atoms with Crippen LogP contribution in [0.15, 0.2) is 65.2 Å². The molecular formula is C23H30N6S. The second-order valence-corrected chi connectivity index (χ2v) is 8.50. The zero-order valence-corrected chi connectivity index (χ0v) is 18.3. The van der Waals surface area contributed by atoms with Crippen LogP contribution in [0, 0.1) is 0 Å². The van der Waals surface area contributed by atoms with Crippen molar-refractivity contribution in [2.45, 2.75) is 38.9 Å². The van der Waals surface area contributed by atoms with Gasteiger partial charge in [0.15, 0.2) is 5.96 Å². The SMILES string of the molecule is CCNC(=NCc1cccc(Cn2cccn2)c1)NC1CCN(c2cccs2)CC1. The Kier molecular flexibility index (Phi) is 7.03. The summed E-state index contributed by atoms with van der Waals surface area (Å²) >= 11 is 1.82. The van der Waals surface area contributed by atoms with E-state index >= 15 is 0 Å². The van der Waals surface area contributed by atoms with E-state index in [2.05, 4.69) is 69.3 Å². The first-order chi connectivity index (χ1) is 14.8. The fourth-order valence-corrected chi connectivity index (χ4v) is 4.57. The Morgan fingerprint density at radius 1 is 1.17 bits per heavy atom. The molecule has 0 unspecified atom stereocenters. The van der Waals surface area contributed by atoms with Crippen LogP contribution in [0.3, 0.4) is 0 Å². The maximum Gasteiger partial charge on any atom is 0.191 e. The highest BCUT2D eigenvalue weighted by Crippen LogP contribution is 2.24. The lowest BCUT2D eigenvalue weighted by molar-refractivity contribution is 0.463. The lowest BCUT2D eigenvalue weighted by atomic mass is 10.1. The van der Waals surface area contributed by atoms with Crippen LogP contribution in [0.1, 0.15) is 30.9 Å². The van der Waals surface area contributed by atoms with Crippen LogP contribution in [-0.4, -0.2) is 41.4 Å². The molecule has 4 rings (SSSR count). The van der Waals surface area contributed by atoms with Crippen LogP contribution < -0.4 is 15.5 Å². The summed E-state index contributed by atoms with van der Waals surface area (Å²) in [6.07, 6.45) is 6.05. The summed E-state index contributed by atoms with van der Waals surface area (Å²) in [5.41, 5.74) is 2.45. The first-order valence-corrected chi connectivity index (χ1v) is 11.6. The molecule has 1 aliphatic rings. The zero-order valence-electron chi connectivity index (χ0n) is 17.5. The molecule has 1 fully saturated rings. The van der Waals surface area contributed by atoms with Crippen molar-refractivity contribution < 1.29 is 0 Å². The Balaban J connectivity index is 1.33. The maximum atomic E-state index is 4.85. The fraction of sp³-hybridized carbons (Fsp3) is 0.391. The highest BCUT2D eigenvalue weighted by atomic mass is 32.1. The van der Waals surface area contributed by atoms with Gasteiger partial charge in [-0.2, -0.15) is 5.10 Å². The minimum Gasteiger partial charge on any atom is -0.363 e. The van der Waals surface area contributed by atoms with Gasteiger partial charge in [-0.1, -0.05) is 24.3 Å². The van der Waals surface area contributed by atoms with E-state index in [1.807, 2.05) is 34.5 Å². The van der Waals surface area contributed by atoms with E-state index in [4.69, 9.17) is 4.99 Å². The predicted octanol–water partition coefficient (Wildman–Crippen LogP) is 3.72. The number of hydrogen-bond donors (Lipinski definition) is 2. The Bertz CT molecular complexity index is 911. The lowest BCUT2D eigenvalue weighted by Gasteiger charge is -2.33. The lowest BCUT2D eigenvalue weighted by Crippen LogP contribution is -2.48. The van der Waals surface area contributed by atoms with Crippen molar-refractivity contribution in [1.82, 2.24) is 20.4 Å². The van der Waals surface area contributed by atoms with Gasteiger partial charge in [0.05, 0.1) is 18.1 Å². The average molecular weight is 423 g/mol. The maximum absolute atomic E-state index is 4.85. The van der Waals surface area contributed by atoms with Crippen LogP contribution in [0.5, 0.6) is 0 Å². The first-order valence-electron chi connectivity index (χ1n) is 10.7. The number of anilines is 1. The molecule has 0 saturated carbocycles. The first kappa shape index (κ1) is 20.5. The Labute approximate surface area is 182 Å². The molecule has 2 N–H and O–H groups in total. The Hall–Kier alpha value is -2.80. The summed E-state index contributed by atoms with van der Waals surface area (Å²) < 4.78 is 1.94. The third-order valence-electron chi connectivity index (χ3n) is 5.31. The molecule has 0 spiro atoms. The van der Waals surface area contributed by atoms with Gasteiger partial charge in [-0.25, -0.2) is 4.99 Å². The number of benzene rings is 1. The second kappa shape index (κ2) is 10.3. The standard InChI is InChI=1S/C23H30N6S/c1-2-24-23(27-21-9-13-28(14-10-21)22-8-4-15-30-22)25-17-19-6-3-7-20(16-19)18-29-12-5-11-26-29/h3-8,11-12,15-16,21H,2,9-10,13-14,17-18H2,1H3,(H2,24,25,27). The smallest absolute Gasteiger partial charge is 0.191 e. The molecule has 2 aromatic heterocycles. The molecule has 1 saturated heterocycles. The molecule has 3 heterocycles. The van der Waals surface area contributed by atoms with E-state index in [0.29, 0.717) is 12.6 Å². The van der Waals surface area contributed by atoms with Crippen molar-refractivity contribution in [1.29, 1.82) is 0 Å².